The molecule has 1 atom stereocenters. The second kappa shape index (κ2) is 4.59. The Balaban J connectivity index is 0.000000963. The summed E-state index contributed by atoms with van der Waals surface area (Å²) in [6, 6.07) is 3.97. The molecule has 0 aromatic carbocycles. The van der Waals surface area contributed by atoms with E-state index in [1.807, 2.05) is 12.1 Å². The first-order chi connectivity index (χ1) is 7.43. The first-order valence-electron chi connectivity index (χ1n) is 4.91. The van der Waals surface area contributed by atoms with Crippen molar-refractivity contribution in [3.05, 3.63) is 30.4 Å². The third-order valence-electron chi connectivity index (χ3n) is 2.50. The van der Waals surface area contributed by atoms with Gasteiger partial charge in [-0.05, 0) is 25.1 Å². The van der Waals surface area contributed by atoms with Gasteiger partial charge in [-0.15, -0.1) is 12.4 Å². The zero-order valence-electron chi connectivity index (χ0n) is 8.46. The summed E-state index contributed by atoms with van der Waals surface area (Å²) >= 11 is 0. The lowest BCUT2D eigenvalue weighted by Crippen LogP contribution is -2.35. The normalized spacial score (nSPS) is 18.6. The van der Waals surface area contributed by atoms with Gasteiger partial charge in [-0.1, -0.05) is 5.16 Å². The van der Waals surface area contributed by atoms with Crippen molar-refractivity contribution in [2.24, 2.45) is 0 Å². The van der Waals surface area contributed by atoms with E-state index in [4.69, 9.17) is 4.52 Å². The monoisotopic (exact) mass is 238 g/mol. The third-order valence-corrected chi connectivity index (χ3v) is 2.50. The van der Waals surface area contributed by atoms with Gasteiger partial charge in [0.2, 0.25) is 11.7 Å². The fraction of sp³-hybridized carbons (Fsp3) is 0.300. The van der Waals surface area contributed by atoms with Crippen LogP contribution in [0.4, 0.5) is 0 Å². The van der Waals surface area contributed by atoms with Crippen LogP contribution in [0.15, 0.2) is 29.0 Å². The number of hydrogen-bond donors (Lipinski definition) is 1. The molecule has 84 valence electrons. The van der Waals surface area contributed by atoms with Crippen LogP contribution in [0.2, 0.25) is 0 Å². The minimum absolute atomic E-state index is 0. The van der Waals surface area contributed by atoms with Crippen molar-refractivity contribution >= 4 is 12.4 Å². The molecule has 0 saturated carbocycles. The van der Waals surface area contributed by atoms with Gasteiger partial charge in [0, 0.05) is 18.0 Å². The molecule has 0 aliphatic carbocycles. The lowest BCUT2D eigenvalue weighted by molar-refractivity contribution is 0.273. The van der Waals surface area contributed by atoms with E-state index in [2.05, 4.69) is 20.4 Å². The van der Waals surface area contributed by atoms with Crippen LogP contribution in [0, 0.1) is 0 Å². The molecular weight excluding hydrogens is 228 g/mol. The van der Waals surface area contributed by atoms with Gasteiger partial charge in [0.25, 0.3) is 0 Å². The number of pyridine rings is 1. The van der Waals surface area contributed by atoms with Crippen LogP contribution in [0.3, 0.4) is 0 Å². The summed E-state index contributed by atoms with van der Waals surface area (Å²) in [7, 11) is 0. The van der Waals surface area contributed by atoms with Gasteiger partial charge >= 0.3 is 0 Å². The van der Waals surface area contributed by atoms with Crippen molar-refractivity contribution < 1.29 is 4.52 Å². The highest BCUT2D eigenvalue weighted by atomic mass is 35.5. The maximum Gasteiger partial charge on any atom is 0.244 e. The quantitative estimate of drug-likeness (QED) is 0.861. The molecule has 1 aliphatic rings. The smallest absolute Gasteiger partial charge is 0.244 e. The van der Waals surface area contributed by atoms with Crippen molar-refractivity contribution in [2.45, 2.75) is 12.5 Å². The van der Waals surface area contributed by atoms with E-state index < -0.39 is 0 Å². The van der Waals surface area contributed by atoms with E-state index in [-0.39, 0.29) is 18.4 Å². The van der Waals surface area contributed by atoms with Crippen LogP contribution < -0.4 is 5.32 Å². The Kier molecular flexibility index (Phi) is 3.17. The largest absolute Gasteiger partial charge is 0.337 e. The summed E-state index contributed by atoms with van der Waals surface area (Å²) in [6.07, 6.45) is 4.50. The number of nitrogens with zero attached hydrogens (tertiary/aromatic N) is 3. The molecule has 1 saturated heterocycles. The van der Waals surface area contributed by atoms with Crippen molar-refractivity contribution in [1.82, 2.24) is 20.4 Å². The zero-order valence-corrected chi connectivity index (χ0v) is 9.28. The van der Waals surface area contributed by atoms with Gasteiger partial charge in [0.05, 0.1) is 6.04 Å². The first-order valence-corrected chi connectivity index (χ1v) is 4.91. The molecule has 0 spiro atoms. The van der Waals surface area contributed by atoms with Crippen LogP contribution in [0.25, 0.3) is 11.4 Å². The molecule has 6 heteroatoms. The molecule has 1 aliphatic heterocycles. The summed E-state index contributed by atoms with van der Waals surface area (Å²) in [6.45, 7) is 1.03. The molecule has 0 unspecified atom stereocenters. The molecule has 2 aromatic heterocycles. The number of aromatic nitrogens is 3. The highest BCUT2D eigenvalue weighted by Crippen LogP contribution is 2.23. The molecule has 3 rings (SSSR count). The van der Waals surface area contributed by atoms with E-state index in [1.165, 1.54) is 0 Å². The van der Waals surface area contributed by atoms with E-state index in [1.54, 1.807) is 12.4 Å². The van der Waals surface area contributed by atoms with Crippen LogP contribution in [0.1, 0.15) is 18.4 Å². The topological polar surface area (TPSA) is 63.8 Å². The molecule has 3 heterocycles. The molecule has 0 bridgehead atoms. The molecular formula is C10H11ClN4O. The summed E-state index contributed by atoms with van der Waals surface area (Å²) in [5.41, 5.74) is 0.930. The lowest BCUT2D eigenvalue weighted by Gasteiger charge is -2.23. The Morgan fingerprint density at radius 1 is 1.31 bits per heavy atom. The van der Waals surface area contributed by atoms with E-state index in [9.17, 15) is 0 Å². The average Bonchev–Trinajstić information content (AvgIpc) is 2.66. The minimum Gasteiger partial charge on any atom is -0.337 e. The van der Waals surface area contributed by atoms with Crippen LogP contribution >= 0.6 is 12.4 Å². The second-order valence-corrected chi connectivity index (χ2v) is 3.49. The second-order valence-electron chi connectivity index (χ2n) is 3.49. The third kappa shape index (κ3) is 1.91. The SMILES string of the molecule is Cl.c1cc(-c2noc([C@H]3CCN3)n2)ccn1. The Bertz CT molecular complexity index is 455. The Hall–Kier alpha value is -1.46. The highest BCUT2D eigenvalue weighted by Gasteiger charge is 2.24. The molecule has 16 heavy (non-hydrogen) atoms. The maximum atomic E-state index is 5.18. The van der Waals surface area contributed by atoms with Gasteiger partial charge in [-0.3, -0.25) is 4.98 Å². The van der Waals surface area contributed by atoms with Crippen molar-refractivity contribution in [3.63, 3.8) is 0 Å². The highest BCUT2D eigenvalue weighted by molar-refractivity contribution is 5.85. The van der Waals surface area contributed by atoms with Gasteiger partial charge in [-0.2, -0.15) is 4.98 Å². The fourth-order valence-corrected chi connectivity index (χ4v) is 1.49. The molecule has 2 aromatic rings. The predicted octanol–water partition coefficient (Wildman–Crippen LogP) is 1.59. The number of halogens is 1. The molecule has 1 N–H and O–H groups in total. The number of hydrogen-bond acceptors (Lipinski definition) is 5. The van der Waals surface area contributed by atoms with E-state index >= 15 is 0 Å². The number of nitrogens with one attached hydrogen (secondary N) is 1. The van der Waals surface area contributed by atoms with Crippen LogP contribution in [-0.2, 0) is 0 Å². The molecule has 1 fully saturated rings. The first kappa shape index (κ1) is 11.0. The van der Waals surface area contributed by atoms with Crippen LogP contribution in [0.5, 0.6) is 0 Å². The summed E-state index contributed by atoms with van der Waals surface area (Å²) in [5, 5.41) is 7.15. The van der Waals surface area contributed by atoms with Crippen molar-refractivity contribution in [3.8, 4) is 11.4 Å². The van der Waals surface area contributed by atoms with Gasteiger partial charge in [-0.25, -0.2) is 0 Å². The maximum absolute atomic E-state index is 5.18. The summed E-state index contributed by atoms with van der Waals surface area (Å²) < 4.78 is 5.18. The minimum atomic E-state index is 0. The fourth-order valence-electron chi connectivity index (χ4n) is 1.49. The number of rotatable bonds is 2. The molecule has 5 nitrogen and oxygen atoms in total. The van der Waals surface area contributed by atoms with Crippen molar-refractivity contribution in [1.29, 1.82) is 0 Å². The van der Waals surface area contributed by atoms with Crippen LogP contribution in [-0.4, -0.2) is 21.7 Å². The Morgan fingerprint density at radius 2 is 2.06 bits per heavy atom. The average molecular weight is 239 g/mol. The predicted molar refractivity (Wildman–Crippen MR) is 60.1 cm³/mol. The van der Waals surface area contributed by atoms with E-state index in [0.717, 1.165) is 18.5 Å². The Labute approximate surface area is 98.7 Å². The standard InChI is InChI=1S/C10H10N4O.ClH/c1-4-11-5-2-7(1)9-13-10(15-14-9)8-3-6-12-8;/h1-2,4-5,8,12H,3,6H2;1H/t8-;/m1./s1. The van der Waals surface area contributed by atoms with Gasteiger partial charge in [0.1, 0.15) is 0 Å². The Morgan fingerprint density at radius 3 is 2.69 bits per heavy atom. The molecule has 0 radical (unpaired) electrons. The summed E-state index contributed by atoms with van der Waals surface area (Å²) in [5.74, 6) is 1.30. The lowest BCUT2D eigenvalue weighted by atomic mass is 10.1. The summed E-state index contributed by atoms with van der Waals surface area (Å²) in [4.78, 5) is 8.28. The van der Waals surface area contributed by atoms with Gasteiger partial charge in [0.15, 0.2) is 0 Å². The molecule has 0 amide bonds. The zero-order chi connectivity index (χ0) is 10.1. The van der Waals surface area contributed by atoms with Crippen molar-refractivity contribution in [2.75, 3.05) is 6.54 Å². The van der Waals surface area contributed by atoms with E-state index in [0.29, 0.717) is 11.7 Å². The van der Waals surface area contributed by atoms with Gasteiger partial charge < -0.3 is 9.84 Å².